The molecule has 4 aromatic rings. The lowest BCUT2D eigenvalue weighted by Crippen LogP contribution is -2.44. The number of halogens is 3. The Labute approximate surface area is 210 Å². The Morgan fingerprint density at radius 1 is 1.00 bits per heavy atom. The molecular weight excluding hydrogens is 487 g/mol. The van der Waals surface area contributed by atoms with E-state index in [9.17, 15) is 18.0 Å². The van der Waals surface area contributed by atoms with Crippen molar-refractivity contribution in [2.75, 3.05) is 38.1 Å². The van der Waals surface area contributed by atoms with E-state index in [1.807, 2.05) is 12.1 Å². The smallest absolute Gasteiger partial charge is 0.406 e. The number of hydrogen-bond acceptors (Lipinski definition) is 7. The predicted octanol–water partition coefficient (Wildman–Crippen LogP) is 4.26. The van der Waals surface area contributed by atoms with E-state index in [1.165, 1.54) is 12.1 Å². The van der Waals surface area contributed by atoms with Crippen LogP contribution in [-0.2, 0) is 6.54 Å². The van der Waals surface area contributed by atoms with Gasteiger partial charge in [0.2, 0.25) is 5.82 Å². The van der Waals surface area contributed by atoms with Gasteiger partial charge in [-0.2, -0.15) is 4.98 Å². The molecule has 0 bridgehead atoms. The first-order chi connectivity index (χ1) is 17.7. The van der Waals surface area contributed by atoms with Gasteiger partial charge in [-0.1, -0.05) is 17.3 Å². The highest BCUT2D eigenvalue weighted by Crippen LogP contribution is 2.26. The largest absolute Gasteiger partial charge is 0.573 e. The van der Waals surface area contributed by atoms with E-state index in [4.69, 9.17) is 4.52 Å². The van der Waals surface area contributed by atoms with Crippen molar-refractivity contribution in [3.05, 3.63) is 82.8 Å². The molecule has 5 rings (SSSR count). The number of hydrogen-bond donors (Lipinski definition) is 0. The zero-order valence-corrected chi connectivity index (χ0v) is 20.0. The first kappa shape index (κ1) is 24.6. The molecule has 0 unspecified atom stereocenters. The average Bonchev–Trinajstić information content (AvgIpc) is 3.35. The Bertz CT molecular complexity index is 1420. The zero-order chi connectivity index (χ0) is 26.0. The maximum atomic E-state index is 13.2. The molecule has 3 heterocycles. The van der Waals surface area contributed by atoms with Crippen molar-refractivity contribution in [2.45, 2.75) is 12.9 Å². The molecule has 192 valence electrons. The molecule has 37 heavy (non-hydrogen) atoms. The van der Waals surface area contributed by atoms with E-state index >= 15 is 0 Å². The molecule has 1 aliphatic heterocycles. The first-order valence-electron chi connectivity index (χ1n) is 11.7. The molecule has 1 saturated heterocycles. The van der Waals surface area contributed by atoms with Crippen LogP contribution in [0.5, 0.6) is 5.75 Å². The first-order valence-corrected chi connectivity index (χ1v) is 11.7. The van der Waals surface area contributed by atoms with E-state index in [2.05, 4.69) is 43.9 Å². The highest BCUT2D eigenvalue weighted by Gasteiger charge is 2.31. The van der Waals surface area contributed by atoms with Crippen molar-refractivity contribution >= 4 is 5.69 Å². The van der Waals surface area contributed by atoms with Gasteiger partial charge in [-0.15, -0.1) is 13.2 Å². The van der Waals surface area contributed by atoms with Crippen molar-refractivity contribution in [3.63, 3.8) is 0 Å². The minimum atomic E-state index is -4.78. The number of piperazine rings is 1. The molecule has 1 aliphatic rings. The summed E-state index contributed by atoms with van der Waals surface area (Å²) >= 11 is 0. The fourth-order valence-electron chi connectivity index (χ4n) is 4.19. The van der Waals surface area contributed by atoms with Crippen LogP contribution in [-0.4, -0.2) is 59.2 Å². The number of anilines is 1. The third-order valence-corrected chi connectivity index (χ3v) is 6.15. The molecule has 1 fully saturated rings. The van der Waals surface area contributed by atoms with Gasteiger partial charge < -0.3 is 23.6 Å². The van der Waals surface area contributed by atoms with Gasteiger partial charge in [-0.25, -0.2) is 0 Å². The lowest BCUT2D eigenvalue weighted by molar-refractivity contribution is -0.274. The van der Waals surface area contributed by atoms with Gasteiger partial charge in [0.05, 0.1) is 6.54 Å². The second-order valence-corrected chi connectivity index (χ2v) is 8.81. The van der Waals surface area contributed by atoms with E-state index in [-0.39, 0.29) is 28.6 Å². The molecule has 0 amide bonds. The fraction of sp³-hybridized carbons (Fsp3) is 0.269. The maximum Gasteiger partial charge on any atom is 0.573 e. The van der Waals surface area contributed by atoms with Gasteiger partial charge >= 0.3 is 6.36 Å². The van der Waals surface area contributed by atoms with Gasteiger partial charge in [-0.3, -0.25) is 4.79 Å². The summed E-state index contributed by atoms with van der Waals surface area (Å²) < 4.78 is 47.9. The molecule has 11 heteroatoms. The van der Waals surface area contributed by atoms with E-state index in [0.717, 1.165) is 49.6 Å². The lowest BCUT2D eigenvalue weighted by atomic mass is 10.1. The van der Waals surface area contributed by atoms with Crippen LogP contribution in [0.4, 0.5) is 18.9 Å². The molecule has 0 saturated carbocycles. The normalized spacial score (nSPS) is 14.6. The third kappa shape index (κ3) is 5.83. The predicted molar refractivity (Wildman–Crippen MR) is 131 cm³/mol. The molecule has 0 N–H and O–H groups in total. The maximum absolute atomic E-state index is 13.2. The van der Waals surface area contributed by atoms with E-state index < -0.39 is 6.36 Å². The Kier molecular flexibility index (Phi) is 6.70. The number of ether oxygens (including phenoxy) is 1. The average molecular weight is 512 g/mol. The minimum absolute atomic E-state index is 0.0242. The number of likely N-dealkylation sites (N-methyl/N-ethyl adjacent to an activating group) is 1. The fourth-order valence-corrected chi connectivity index (χ4v) is 4.19. The SMILES string of the molecule is CN1CCN(c2cccc(Cn3cccc(-c4nc(-c5ccc(OC(F)(F)F)cc5)no4)c3=O)c2)CC1. The van der Waals surface area contributed by atoms with E-state index in [0.29, 0.717) is 12.1 Å². The summed E-state index contributed by atoms with van der Waals surface area (Å²) in [6.07, 6.45) is -3.08. The van der Waals surface area contributed by atoms with Crippen LogP contribution < -0.4 is 15.2 Å². The quantitative estimate of drug-likeness (QED) is 0.383. The van der Waals surface area contributed by atoms with Gasteiger partial charge in [0, 0.05) is 43.6 Å². The van der Waals surface area contributed by atoms with Gasteiger partial charge in [0.15, 0.2) is 0 Å². The summed E-state index contributed by atoms with van der Waals surface area (Å²) in [5.74, 6) is -0.193. The summed E-state index contributed by atoms with van der Waals surface area (Å²) in [6.45, 7) is 4.28. The van der Waals surface area contributed by atoms with Crippen molar-refractivity contribution < 1.29 is 22.4 Å². The topological polar surface area (TPSA) is 76.6 Å². The van der Waals surface area contributed by atoms with Crippen LogP contribution in [0.2, 0.25) is 0 Å². The summed E-state index contributed by atoms with van der Waals surface area (Å²) in [5, 5.41) is 3.88. The Morgan fingerprint density at radius 3 is 2.49 bits per heavy atom. The number of alkyl halides is 3. The Morgan fingerprint density at radius 2 is 1.76 bits per heavy atom. The molecule has 0 radical (unpaired) electrons. The molecule has 0 aliphatic carbocycles. The number of nitrogens with zero attached hydrogens (tertiary/aromatic N) is 5. The van der Waals surface area contributed by atoms with Crippen LogP contribution in [0.3, 0.4) is 0 Å². The Balaban J connectivity index is 1.34. The number of pyridine rings is 1. The number of benzene rings is 2. The molecule has 0 atom stereocenters. The number of rotatable bonds is 6. The summed E-state index contributed by atoms with van der Waals surface area (Å²) in [6, 6.07) is 16.6. The van der Waals surface area contributed by atoms with Gasteiger partial charge in [0.25, 0.3) is 11.4 Å². The monoisotopic (exact) mass is 511 g/mol. The molecular formula is C26H24F3N5O3. The van der Waals surface area contributed by atoms with E-state index in [1.54, 1.807) is 22.9 Å². The van der Waals surface area contributed by atoms with Gasteiger partial charge in [-0.05, 0) is 61.1 Å². The third-order valence-electron chi connectivity index (χ3n) is 6.15. The minimum Gasteiger partial charge on any atom is -0.406 e. The Hall–Kier alpha value is -4.12. The van der Waals surface area contributed by atoms with Gasteiger partial charge in [0.1, 0.15) is 11.3 Å². The highest BCUT2D eigenvalue weighted by molar-refractivity contribution is 5.60. The molecule has 2 aromatic carbocycles. The highest BCUT2D eigenvalue weighted by atomic mass is 19.4. The second kappa shape index (κ2) is 10.1. The second-order valence-electron chi connectivity index (χ2n) is 8.81. The van der Waals surface area contributed by atoms with Crippen LogP contribution in [0.15, 0.2) is 76.2 Å². The summed E-state index contributed by atoms with van der Waals surface area (Å²) in [5.41, 5.74) is 2.47. The summed E-state index contributed by atoms with van der Waals surface area (Å²) in [7, 11) is 2.11. The van der Waals surface area contributed by atoms with Crippen molar-refractivity contribution in [2.24, 2.45) is 0 Å². The standard InChI is InChI=1S/C26H24F3N5O3/c1-32-12-14-33(15-13-32)20-5-2-4-18(16-20)17-34-11-3-6-22(25(34)35)24-30-23(31-37-24)19-7-9-21(10-8-19)36-26(27,28)29/h2-11,16H,12-15,17H2,1H3. The van der Waals surface area contributed by atoms with Crippen molar-refractivity contribution in [1.82, 2.24) is 19.6 Å². The lowest BCUT2D eigenvalue weighted by Gasteiger charge is -2.34. The number of aromatic nitrogens is 3. The van der Waals surface area contributed by atoms with Crippen LogP contribution in [0, 0.1) is 0 Å². The van der Waals surface area contributed by atoms with Crippen LogP contribution in [0.25, 0.3) is 22.8 Å². The molecule has 2 aromatic heterocycles. The molecule has 8 nitrogen and oxygen atoms in total. The van der Waals surface area contributed by atoms with Crippen molar-refractivity contribution in [1.29, 1.82) is 0 Å². The van der Waals surface area contributed by atoms with Crippen LogP contribution in [0.1, 0.15) is 5.56 Å². The van der Waals surface area contributed by atoms with Crippen LogP contribution >= 0.6 is 0 Å². The summed E-state index contributed by atoms with van der Waals surface area (Å²) in [4.78, 5) is 22.1. The molecule has 0 spiro atoms. The van der Waals surface area contributed by atoms with Crippen molar-refractivity contribution in [3.8, 4) is 28.6 Å². The zero-order valence-electron chi connectivity index (χ0n) is 20.0.